The zero-order valence-electron chi connectivity index (χ0n) is 7.84. The van der Waals surface area contributed by atoms with Crippen LogP contribution in [-0.2, 0) is 6.54 Å². The molecule has 0 saturated heterocycles. The average Bonchev–Trinajstić information content (AvgIpc) is 2.70. The first-order chi connectivity index (χ1) is 7.20. The molecule has 2 nitrogen and oxygen atoms in total. The first-order valence-electron chi connectivity index (χ1n) is 4.45. The smallest absolute Gasteiger partial charge is 0.135 e. The standard InChI is InChI=1S/C11H9BrClNO/c12-7-1-3-10(13)9(5-7)11-4-2-8(6-14)15-11/h1-5H,6,14H2. The average molecular weight is 287 g/mol. The van der Waals surface area contributed by atoms with E-state index in [-0.39, 0.29) is 0 Å². The fraction of sp³-hybridized carbons (Fsp3) is 0.0909. The quantitative estimate of drug-likeness (QED) is 0.911. The lowest BCUT2D eigenvalue weighted by Crippen LogP contribution is -1.92. The number of hydrogen-bond acceptors (Lipinski definition) is 2. The van der Waals surface area contributed by atoms with Gasteiger partial charge in [0.25, 0.3) is 0 Å². The van der Waals surface area contributed by atoms with E-state index in [0.29, 0.717) is 11.6 Å². The van der Waals surface area contributed by atoms with Crippen LogP contribution in [0.25, 0.3) is 11.3 Å². The first-order valence-corrected chi connectivity index (χ1v) is 5.62. The highest BCUT2D eigenvalue weighted by molar-refractivity contribution is 9.10. The van der Waals surface area contributed by atoms with Crippen molar-refractivity contribution in [1.82, 2.24) is 0 Å². The zero-order chi connectivity index (χ0) is 10.8. The van der Waals surface area contributed by atoms with Gasteiger partial charge in [0.05, 0.1) is 11.6 Å². The van der Waals surface area contributed by atoms with Crippen molar-refractivity contribution in [3.8, 4) is 11.3 Å². The molecule has 0 bridgehead atoms. The molecular formula is C11H9BrClNO. The van der Waals surface area contributed by atoms with Crippen LogP contribution in [0.1, 0.15) is 5.76 Å². The van der Waals surface area contributed by atoms with E-state index in [1.54, 1.807) is 0 Å². The Morgan fingerprint density at radius 3 is 2.73 bits per heavy atom. The minimum Gasteiger partial charge on any atom is -0.460 e. The lowest BCUT2D eigenvalue weighted by atomic mass is 10.2. The van der Waals surface area contributed by atoms with Crippen LogP contribution in [0.15, 0.2) is 39.2 Å². The Balaban J connectivity index is 2.48. The van der Waals surface area contributed by atoms with Gasteiger partial charge in [-0.15, -0.1) is 0 Å². The molecule has 1 aromatic carbocycles. The van der Waals surface area contributed by atoms with Gasteiger partial charge in [-0.25, -0.2) is 0 Å². The van der Waals surface area contributed by atoms with Crippen molar-refractivity contribution in [3.63, 3.8) is 0 Å². The van der Waals surface area contributed by atoms with Crippen molar-refractivity contribution in [3.05, 3.63) is 45.6 Å². The monoisotopic (exact) mass is 285 g/mol. The normalized spacial score (nSPS) is 10.6. The Morgan fingerprint density at radius 2 is 2.07 bits per heavy atom. The van der Waals surface area contributed by atoms with Gasteiger partial charge in [0.2, 0.25) is 0 Å². The van der Waals surface area contributed by atoms with Crippen LogP contribution in [0.3, 0.4) is 0 Å². The topological polar surface area (TPSA) is 39.2 Å². The van der Waals surface area contributed by atoms with Crippen molar-refractivity contribution in [1.29, 1.82) is 0 Å². The Labute approximate surface area is 101 Å². The van der Waals surface area contributed by atoms with Crippen molar-refractivity contribution >= 4 is 27.5 Å². The first kappa shape index (κ1) is 10.7. The highest BCUT2D eigenvalue weighted by Gasteiger charge is 2.08. The van der Waals surface area contributed by atoms with E-state index in [4.69, 9.17) is 21.8 Å². The van der Waals surface area contributed by atoms with Gasteiger partial charge in [0.15, 0.2) is 0 Å². The largest absolute Gasteiger partial charge is 0.460 e. The van der Waals surface area contributed by atoms with E-state index in [1.807, 2.05) is 30.3 Å². The van der Waals surface area contributed by atoms with Gasteiger partial charge in [0, 0.05) is 10.0 Å². The molecule has 0 unspecified atom stereocenters. The van der Waals surface area contributed by atoms with Crippen LogP contribution in [0.5, 0.6) is 0 Å². The molecule has 0 spiro atoms. The summed E-state index contributed by atoms with van der Waals surface area (Å²) < 4.78 is 6.49. The predicted octanol–water partition coefficient (Wildman–Crippen LogP) is 3.82. The lowest BCUT2D eigenvalue weighted by molar-refractivity contribution is 0.525. The third-order valence-corrected chi connectivity index (χ3v) is 2.88. The minimum absolute atomic E-state index is 0.394. The van der Waals surface area contributed by atoms with Crippen molar-refractivity contribution in [2.45, 2.75) is 6.54 Å². The second-order valence-electron chi connectivity index (χ2n) is 3.09. The molecule has 2 rings (SSSR count). The summed E-state index contributed by atoms with van der Waals surface area (Å²) in [5.41, 5.74) is 6.34. The van der Waals surface area contributed by atoms with Gasteiger partial charge in [-0.2, -0.15) is 0 Å². The van der Waals surface area contributed by atoms with E-state index < -0.39 is 0 Å². The molecule has 0 fully saturated rings. The molecule has 0 radical (unpaired) electrons. The molecule has 0 amide bonds. The molecule has 2 aromatic rings. The minimum atomic E-state index is 0.394. The molecular weight excluding hydrogens is 277 g/mol. The van der Waals surface area contributed by atoms with Crippen molar-refractivity contribution < 1.29 is 4.42 Å². The van der Waals surface area contributed by atoms with Crippen LogP contribution in [0.4, 0.5) is 0 Å². The maximum absolute atomic E-state index is 6.07. The van der Waals surface area contributed by atoms with Gasteiger partial charge in [-0.1, -0.05) is 27.5 Å². The summed E-state index contributed by atoms with van der Waals surface area (Å²) in [7, 11) is 0. The van der Waals surface area contributed by atoms with Crippen molar-refractivity contribution in [2.75, 3.05) is 0 Å². The van der Waals surface area contributed by atoms with E-state index in [0.717, 1.165) is 21.6 Å². The molecule has 0 saturated carbocycles. The molecule has 0 aliphatic carbocycles. The van der Waals surface area contributed by atoms with E-state index in [1.165, 1.54) is 0 Å². The maximum atomic E-state index is 6.07. The van der Waals surface area contributed by atoms with Gasteiger partial charge >= 0.3 is 0 Å². The highest BCUT2D eigenvalue weighted by Crippen LogP contribution is 2.31. The van der Waals surface area contributed by atoms with Crippen LogP contribution in [-0.4, -0.2) is 0 Å². The zero-order valence-corrected chi connectivity index (χ0v) is 10.2. The summed E-state index contributed by atoms with van der Waals surface area (Å²) in [5, 5.41) is 0.663. The third-order valence-electron chi connectivity index (χ3n) is 2.06. The Kier molecular flexibility index (Phi) is 3.14. The molecule has 0 aliphatic heterocycles. The summed E-state index contributed by atoms with van der Waals surface area (Å²) in [5.74, 6) is 1.49. The number of benzene rings is 1. The SMILES string of the molecule is NCc1ccc(-c2cc(Br)ccc2Cl)o1. The Morgan fingerprint density at radius 1 is 1.27 bits per heavy atom. The number of rotatable bonds is 2. The molecule has 1 aromatic heterocycles. The molecule has 0 atom stereocenters. The molecule has 4 heteroatoms. The van der Waals surface area contributed by atoms with Crippen LogP contribution >= 0.6 is 27.5 Å². The van der Waals surface area contributed by atoms with Gasteiger partial charge < -0.3 is 10.2 Å². The van der Waals surface area contributed by atoms with Crippen molar-refractivity contribution in [2.24, 2.45) is 5.73 Å². The highest BCUT2D eigenvalue weighted by atomic mass is 79.9. The second kappa shape index (κ2) is 4.39. The second-order valence-corrected chi connectivity index (χ2v) is 4.42. The number of nitrogens with two attached hydrogens (primary N) is 1. The molecule has 0 aliphatic rings. The molecule has 2 N–H and O–H groups in total. The van der Waals surface area contributed by atoms with Crippen LogP contribution in [0, 0.1) is 0 Å². The van der Waals surface area contributed by atoms with Crippen LogP contribution in [0.2, 0.25) is 5.02 Å². The molecule has 15 heavy (non-hydrogen) atoms. The molecule has 1 heterocycles. The summed E-state index contributed by atoms with van der Waals surface area (Å²) >= 11 is 9.46. The molecule has 78 valence electrons. The maximum Gasteiger partial charge on any atom is 0.135 e. The van der Waals surface area contributed by atoms with Gasteiger partial charge in [-0.05, 0) is 30.3 Å². The summed E-state index contributed by atoms with van der Waals surface area (Å²) in [6, 6.07) is 9.36. The fourth-order valence-corrected chi connectivity index (χ4v) is 1.89. The predicted molar refractivity (Wildman–Crippen MR) is 64.7 cm³/mol. The van der Waals surface area contributed by atoms with Gasteiger partial charge in [0.1, 0.15) is 11.5 Å². The Bertz CT molecular complexity index is 481. The van der Waals surface area contributed by atoms with Crippen LogP contribution < -0.4 is 5.73 Å². The Hall–Kier alpha value is -0.770. The lowest BCUT2D eigenvalue weighted by Gasteiger charge is -2.01. The number of furan rings is 1. The fourth-order valence-electron chi connectivity index (χ4n) is 1.32. The van der Waals surface area contributed by atoms with E-state index in [2.05, 4.69) is 15.9 Å². The van der Waals surface area contributed by atoms with Gasteiger partial charge in [-0.3, -0.25) is 0 Å². The summed E-state index contributed by atoms with van der Waals surface area (Å²) in [6.07, 6.45) is 0. The number of halogens is 2. The van der Waals surface area contributed by atoms with E-state index >= 15 is 0 Å². The summed E-state index contributed by atoms with van der Waals surface area (Å²) in [4.78, 5) is 0. The number of hydrogen-bond donors (Lipinski definition) is 1. The summed E-state index contributed by atoms with van der Waals surface area (Å²) in [6.45, 7) is 0.394. The third kappa shape index (κ3) is 2.25. The van der Waals surface area contributed by atoms with E-state index in [9.17, 15) is 0 Å².